The van der Waals surface area contributed by atoms with E-state index in [1.807, 2.05) is 54.2 Å². The van der Waals surface area contributed by atoms with E-state index in [1.54, 1.807) is 17.4 Å². The van der Waals surface area contributed by atoms with Gasteiger partial charge in [-0.25, -0.2) is 0 Å². The molecule has 0 unspecified atom stereocenters. The molecule has 3 aromatic heterocycles. The quantitative estimate of drug-likeness (QED) is 0.522. The lowest BCUT2D eigenvalue weighted by Crippen LogP contribution is -2.31. The van der Waals surface area contributed by atoms with Crippen LogP contribution in [-0.2, 0) is 33.0 Å². The number of furan rings is 1. The van der Waals surface area contributed by atoms with E-state index < -0.39 is 0 Å². The number of hydrogen-bond donors (Lipinski definition) is 0. The summed E-state index contributed by atoms with van der Waals surface area (Å²) in [5.41, 5.74) is 4.01. The Morgan fingerprint density at radius 1 is 1.14 bits per heavy atom. The Morgan fingerprint density at radius 3 is 2.90 bits per heavy atom. The fourth-order valence-corrected chi connectivity index (χ4v) is 4.24. The molecule has 5 rings (SSSR count). The number of aryl methyl sites for hydroxylation is 1. The summed E-state index contributed by atoms with van der Waals surface area (Å²) < 4.78 is 7.49. The molecule has 0 radical (unpaired) electrons. The number of carbonyl (C=O) groups is 1. The van der Waals surface area contributed by atoms with Crippen LogP contribution in [0.5, 0.6) is 0 Å². The molecule has 0 atom stereocenters. The molecule has 3 heterocycles. The highest BCUT2D eigenvalue weighted by Gasteiger charge is 2.26. The maximum atomic E-state index is 13.6. The predicted octanol–water partition coefficient (Wildman–Crippen LogP) is 3.89. The number of carbonyl (C=O) groups excluding carboxylic acids is 1. The molecule has 0 fully saturated rings. The Balaban J connectivity index is 1.53. The molecule has 1 aliphatic rings. The van der Waals surface area contributed by atoms with Gasteiger partial charge >= 0.3 is 0 Å². The molecule has 6 nitrogen and oxygen atoms in total. The van der Waals surface area contributed by atoms with Crippen molar-refractivity contribution >= 4 is 16.7 Å². The van der Waals surface area contributed by atoms with Gasteiger partial charge in [-0.15, -0.1) is 0 Å². The molecular weight excluding hydrogens is 364 g/mol. The van der Waals surface area contributed by atoms with Crippen LogP contribution in [0, 0.1) is 0 Å². The molecule has 0 saturated carbocycles. The second-order valence-electron chi connectivity index (χ2n) is 7.47. The molecule has 4 aromatic rings. The zero-order chi connectivity index (χ0) is 19.8. The Labute approximate surface area is 168 Å². The first-order valence-electron chi connectivity index (χ1n) is 9.90. The van der Waals surface area contributed by atoms with Gasteiger partial charge in [-0.05, 0) is 48.4 Å². The van der Waals surface area contributed by atoms with Crippen LogP contribution in [0.15, 0.2) is 59.3 Å². The van der Waals surface area contributed by atoms with Gasteiger partial charge in [0, 0.05) is 24.3 Å². The molecule has 6 heteroatoms. The molecule has 0 bridgehead atoms. The van der Waals surface area contributed by atoms with Crippen molar-refractivity contribution in [2.75, 3.05) is 0 Å². The van der Waals surface area contributed by atoms with Crippen molar-refractivity contribution in [3.8, 4) is 0 Å². The van der Waals surface area contributed by atoms with Crippen LogP contribution < -0.4 is 0 Å². The highest BCUT2D eigenvalue weighted by atomic mass is 16.3. The summed E-state index contributed by atoms with van der Waals surface area (Å²) >= 11 is 0. The Bertz CT molecular complexity index is 1170. The monoisotopic (exact) mass is 386 g/mol. The van der Waals surface area contributed by atoms with Gasteiger partial charge < -0.3 is 9.32 Å². The number of nitrogens with zero attached hydrogens (tertiary/aromatic N) is 4. The van der Waals surface area contributed by atoms with Crippen molar-refractivity contribution in [3.63, 3.8) is 0 Å². The summed E-state index contributed by atoms with van der Waals surface area (Å²) in [5.74, 6) is 0.627. The third kappa shape index (κ3) is 3.20. The minimum absolute atomic E-state index is 0.115. The van der Waals surface area contributed by atoms with Crippen molar-refractivity contribution in [2.24, 2.45) is 7.05 Å². The predicted molar refractivity (Wildman–Crippen MR) is 109 cm³/mol. The summed E-state index contributed by atoms with van der Waals surface area (Å²) in [4.78, 5) is 19.8. The van der Waals surface area contributed by atoms with Crippen molar-refractivity contribution in [1.82, 2.24) is 19.7 Å². The van der Waals surface area contributed by atoms with Gasteiger partial charge in [0.1, 0.15) is 11.5 Å². The normalized spacial score (nSPS) is 13.0. The van der Waals surface area contributed by atoms with Crippen LogP contribution in [0.2, 0.25) is 0 Å². The number of rotatable bonds is 5. The van der Waals surface area contributed by atoms with E-state index in [4.69, 9.17) is 9.52 Å². The average Bonchev–Trinajstić information content (AvgIpc) is 3.48. The first-order valence-corrected chi connectivity index (χ1v) is 9.90. The lowest BCUT2D eigenvalue weighted by atomic mass is 10.1. The minimum atomic E-state index is -0.115. The van der Waals surface area contributed by atoms with E-state index in [0.717, 1.165) is 41.5 Å². The summed E-state index contributed by atoms with van der Waals surface area (Å²) in [7, 11) is 1.98. The third-order valence-corrected chi connectivity index (χ3v) is 5.63. The Kier molecular flexibility index (Phi) is 4.39. The lowest BCUT2D eigenvalue weighted by molar-refractivity contribution is 0.0711. The van der Waals surface area contributed by atoms with Crippen molar-refractivity contribution in [1.29, 1.82) is 0 Å². The van der Waals surface area contributed by atoms with Crippen LogP contribution >= 0.6 is 0 Å². The number of aromatic nitrogens is 3. The van der Waals surface area contributed by atoms with E-state index in [9.17, 15) is 4.79 Å². The van der Waals surface area contributed by atoms with E-state index in [0.29, 0.717) is 18.8 Å². The molecule has 29 heavy (non-hydrogen) atoms. The van der Waals surface area contributed by atoms with Crippen molar-refractivity contribution in [2.45, 2.75) is 32.4 Å². The molecule has 1 amide bonds. The second-order valence-corrected chi connectivity index (χ2v) is 7.47. The number of pyridine rings is 1. The molecular formula is C23H22N4O2. The summed E-state index contributed by atoms with van der Waals surface area (Å²) in [6, 6.07) is 13.5. The lowest BCUT2D eigenvalue weighted by Gasteiger charge is -2.21. The van der Waals surface area contributed by atoms with Gasteiger partial charge in [0.05, 0.1) is 25.0 Å². The van der Waals surface area contributed by atoms with Crippen molar-refractivity contribution < 1.29 is 9.21 Å². The second kappa shape index (κ2) is 7.20. The van der Waals surface area contributed by atoms with Gasteiger partial charge in [0.15, 0.2) is 0 Å². The zero-order valence-corrected chi connectivity index (χ0v) is 16.3. The third-order valence-electron chi connectivity index (χ3n) is 5.63. The maximum absolute atomic E-state index is 13.6. The minimum Gasteiger partial charge on any atom is -0.467 e. The number of amides is 1. The fourth-order valence-electron chi connectivity index (χ4n) is 4.24. The molecule has 1 aromatic carbocycles. The van der Waals surface area contributed by atoms with Gasteiger partial charge in [0.25, 0.3) is 5.91 Å². The highest BCUT2D eigenvalue weighted by molar-refractivity contribution is 6.05. The smallest absolute Gasteiger partial charge is 0.273 e. The van der Waals surface area contributed by atoms with Gasteiger partial charge in [0.2, 0.25) is 0 Å². The first-order chi connectivity index (χ1) is 14.2. The van der Waals surface area contributed by atoms with E-state index in [1.165, 1.54) is 11.3 Å². The molecule has 0 aliphatic heterocycles. The molecule has 0 saturated heterocycles. The SMILES string of the molecule is Cn1nc(CN(Cc2ccco2)C(=O)c2nccc3ccccc23)c2c1CCC2. The van der Waals surface area contributed by atoms with Crippen LogP contribution in [0.1, 0.15) is 39.6 Å². The summed E-state index contributed by atoms with van der Waals surface area (Å²) in [6.45, 7) is 0.815. The van der Waals surface area contributed by atoms with Gasteiger partial charge in [-0.3, -0.25) is 14.5 Å². The van der Waals surface area contributed by atoms with Crippen LogP contribution in [0.3, 0.4) is 0 Å². The number of benzene rings is 1. The fraction of sp³-hybridized carbons (Fsp3) is 0.261. The van der Waals surface area contributed by atoms with E-state index in [2.05, 4.69) is 4.98 Å². The standard InChI is InChI=1S/C23H22N4O2/c1-26-21-10-4-9-19(21)20(25-26)15-27(14-17-7-5-13-29-17)23(28)22-18-8-3-2-6-16(18)11-12-24-22/h2-3,5-8,11-13H,4,9-10,14-15H2,1H3. The zero-order valence-electron chi connectivity index (χ0n) is 16.3. The maximum Gasteiger partial charge on any atom is 0.273 e. The van der Waals surface area contributed by atoms with E-state index in [-0.39, 0.29) is 5.91 Å². The molecule has 0 spiro atoms. The van der Waals surface area contributed by atoms with E-state index >= 15 is 0 Å². The average molecular weight is 386 g/mol. The molecule has 1 aliphatic carbocycles. The largest absolute Gasteiger partial charge is 0.467 e. The summed E-state index contributed by atoms with van der Waals surface area (Å²) in [6.07, 6.45) is 6.54. The molecule has 0 N–H and O–H groups in total. The van der Waals surface area contributed by atoms with Gasteiger partial charge in [-0.1, -0.05) is 24.3 Å². The highest BCUT2D eigenvalue weighted by Crippen LogP contribution is 2.27. The van der Waals surface area contributed by atoms with Crippen molar-refractivity contribution in [3.05, 3.63) is 83.3 Å². The van der Waals surface area contributed by atoms with Crippen LogP contribution in [0.4, 0.5) is 0 Å². The topological polar surface area (TPSA) is 64.2 Å². The number of hydrogen-bond acceptors (Lipinski definition) is 4. The Morgan fingerprint density at radius 2 is 2.03 bits per heavy atom. The summed E-state index contributed by atoms with van der Waals surface area (Å²) in [5, 5.41) is 6.57. The van der Waals surface area contributed by atoms with Crippen LogP contribution in [-0.4, -0.2) is 25.6 Å². The van der Waals surface area contributed by atoms with Gasteiger partial charge in [-0.2, -0.15) is 5.10 Å². The number of fused-ring (bicyclic) bond motifs is 2. The van der Waals surface area contributed by atoms with Crippen LogP contribution in [0.25, 0.3) is 10.8 Å². The first kappa shape index (κ1) is 17.7. The Hall–Kier alpha value is -3.41. The molecule has 146 valence electrons.